The van der Waals surface area contributed by atoms with Crippen LogP contribution in [-0.4, -0.2) is 32.9 Å². The Balaban J connectivity index is 1.34. The average molecular weight is 482 g/mol. The van der Waals surface area contributed by atoms with Crippen LogP contribution in [0.4, 0.5) is 5.69 Å². The number of ether oxygens (including phenoxy) is 2. The number of rotatable bonds is 5. The van der Waals surface area contributed by atoms with Crippen LogP contribution in [0.3, 0.4) is 0 Å². The van der Waals surface area contributed by atoms with Gasteiger partial charge in [0.25, 0.3) is 21.8 Å². The minimum atomic E-state index is -3.79. The Morgan fingerprint density at radius 1 is 0.912 bits per heavy atom. The number of anilines is 1. The first-order chi connectivity index (χ1) is 16.2. The van der Waals surface area contributed by atoms with Crippen LogP contribution in [0.25, 0.3) is 0 Å². The normalized spacial score (nSPS) is 14.7. The van der Waals surface area contributed by atoms with Gasteiger partial charge in [-0.1, -0.05) is 24.3 Å². The fraction of sp³-hybridized carbons (Fsp3) is 0.167. The summed E-state index contributed by atoms with van der Waals surface area (Å²) >= 11 is 0. The first kappa shape index (κ1) is 23.1. The van der Waals surface area contributed by atoms with Crippen LogP contribution < -0.4 is 25.0 Å². The van der Waals surface area contributed by atoms with E-state index in [1.165, 1.54) is 24.3 Å². The van der Waals surface area contributed by atoms with Crippen LogP contribution in [0.2, 0.25) is 0 Å². The van der Waals surface area contributed by atoms with Crippen molar-refractivity contribution in [3.05, 3.63) is 83.4 Å². The molecular formula is C24H23N3O6S. The molecule has 0 aromatic heterocycles. The predicted molar refractivity (Wildman–Crippen MR) is 125 cm³/mol. The molecule has 9 nitrogen and oxygen atoms in total. The smallest absolute Gasteiger partial charge is 0.283 e. The van der Waals surface area contributed by atoms with Gasteiger partial charge in [-0.15, -0.1) is 0 Å². The molecular weight excluding hydrogens is 458 g/mol. The molecule has 3 aromatic rings. The largest absolute Gasteiger partial charge is 0.485 e. The number of amides is 2. The summed E-state index contributed by atoms with van der Waals surface area (Å²) < 4.78 is 39.1. The number of carbonyl (C=O) groups excluding carboxylic acids is 2. The lowest BCUT2D eigenvalue weighted by molar-refractivity contribution is -0.131. The first-order valence-corrected chi connectivity index (χ1v) is 11.9. The maximum atomic E-state index is 12.7. The highest BCUT2D eigenvalue weighted by Gasteiger charge is 2.27. The van der Waals surface area contributed by atoms with Crippen molar-refractivity contribution in [3.8, 4) is 11.5 Å². The van der Waals surface area contributed by atoms with E-state index in [-0.39, 0.29) is 17.1 Å². The number of sulfonamides is 1. The molecule has 4 rings (SSSR count). The van der Waals surface area contributed by atoms with E-state index >= 15 is 0 Å². The van der Waals surface area contributed by atoms with Crippen molar-refractivity contribution in [1.29, 1.82) is 0 Å². The third-order valence-electron chi connectivity index (χ3n) is 5.13. The molecule has 2 amide bonds. The van der Waals surface area contributed by atoms with Gasteiger partial charge in [0.2, 0.25) is 6.10 Å². The molecule has 1 aliphatic heterocycles. The minimum Gasteiger partial charge on any atom is -0.485 e. The molecule has 0 saturated carbocycles. The molecule has 0 fully saturated rings. The summed E-state index contributed by atoms with van der Waals surface area (Å²) in [6.07, 6.45) is -0.919. The molecule has 176 valence electrons. The van der Waals surface area contributed by atoms with Crippen LogP contribution >= 0.6 is 0 Å². The molecule has 34 heavy (non-hydrogen) atoms. The highest BCUT2D eigenvalue weighted by molar-refractivity contribution is 7.92. The maximum Gasteiger partial charge on any atom is 0.283 e. The molecule has 1 aliphatic rings. The molecule has 1 atom stereocenters. The van der Waals surface area contributed by atoms with E-state index in [1.54, 1.807) is 43.3 Å². The first-order valence-electron chi connectivity index (χ1n) is 10.4. The van der Waals surface area contributed by atoms with E-state index < -0.39 is 27.9 Å². The van der Waals surface area contributed by atoms with E-state index in [4.69, 9.17) is 9.47 Å². The predicted octanol–water partition coefficient (Wildman–Crippen LogP) is 2.71. The average Bonchev–Trinajstić information content (AvgIpc) is 2.83. The fourth-order valence-electron chi connectivity index (χ4n) is 3.32. The second kappa shape index (κ2) is 9.44. The molecule has 0 saturated heterocycles. The number of para-hydroxylation sites is 2. The molecule has 3 aromatic carbocycles. The zero-order valence-corrected chi connectivity index (χ0v) is 19.3. The van der Waals surface area contributed by atoms with Crippen LogP contribution in [-0.2, 0) is 14.8 Å². The SMILES string of the molecule is Cc1ccc(C)c(S(=O)(=O)Nc2ccc(C(=O)NNC(=O)C3COc4ccccc4O3)cc2)c1. The van der Waals surface area contributed by atoms with E-state index in [0.717, 1.165) is 5.56 Å². The number of aryl methyl sites for hydroxylation is 2. The fourth-order valence-corrected chi connectivity index (χ4v) is 4.71. The molecule has 0 bridgehead atoms. The number of hydrogen-bond donors (Lipinski definition) is 3. The van der Waals surface area contributed by atoms with Crippen LogP contribution in [0.1, 0.15) is 21.5 Å². The van der Waals surface area contributed by atoms with Crippen molar-refractivity contribution < 1.29 is 27.5 Å². The number of benzene rings is 3. The Morgan fingerprint density at radius 2 is 1.62 bits per heavy atom. The van der Waals surface area contributed by atoms with Gasteiger partial charge in [-0.2, -0.15) is 0 Å². The Morgan fingerprint density at radius 3 is 2.35 bits per heavy atom. The van der Waals surface area contributed by atoms with Crippen molar-refractivity contribution in [2.75, 3.05) is 11.3 Å². The van der Waals surface area contributed by atoms with Crippen molar-refractivity contribution in [1.82, 2.24) is 10.9 Å². The van der Waals surface area contributed by atoms with Gasteiger partial charge in [-0.05, 0) is 67.4 Å². The summed E-state index contributed by atoms with van der Waals surface area (Å²) in [5, 5.41) is 0. The third kappa shape index (κ3) is 5.12. The van der Waals surface area contributed by atoms with E-state index in [1.807, 2.05) is 13.0 Å². The van der Waals surface area contributed by atoms with Gasteiger partial charge in [-0.3, -0.25) is 25.2 Å². The molecule has 1 heterocycles. The molecule has 0 spiro atoms. The molecule has 1 unspecified atom stereocenters. The second-order valence-electron chi connectivity index (χ2n) is 7.76. The summed E-state index contributed by atoms with van der Waals surface area (Å²) in [7, 11) is -3.79. The summed E-state index contributed by atoms with van der Waals surface area (Å²) in [5.74, 6) is -0.154. The Hall–Kier alpha value is -4.05. The lowest BCUT2D eigenvalue weighted by Crippen LogP contribution is -2.50. The summed E-state index contributed by atoms with van der Waals surface area (Å²) in [6.45, 7) is 3.55. The molecule has 0 radical (unpaired) electrons. The van der Waals surface area contributed by atoms with Gasteiger partial charge >= 0.3 is 0 Å². The zero-order chi connectivity index (χ0) is 24.3. The highest BCUT2D eigenvalue weighted by atomic mass is 32.2. The molecule has 3 N–H and O–H groups in total. The highest BCUT2D eigenvalue weighted by Crippen LogP contribution is 2.30. The number of nitrogens with one attached hydrogen (secondary N) is 3. The van der Waals surface area contributed by atoms with Gasteiger partial charge in [0.1, 0.15) is 6.61 Å². The van der Waals surface area contributed by atoms with Crippen LogP contribution in [0, 0.1) is 13.8 Å². The Kier molecular flexibility index (Phi) is 6.42. The number of fused-ring (bicyclic) bond motifs is 1. The van der Waals surface area contributed by atoms with Crippen molar-refractivity contribution in [2.24, 2.45) is 0 Å². The van der Waals surface area contributed by atoms with Gasteiger partial charge in [0, 0.05) is 11.3 Å². The van der Waals surface area contributed by atoms with Crippen molar-refractivity contribution in [2.45, 2.75) is 24.8 Å². The lowest BCUT2D eigenvalue weighted by atomic mass is 10.2. The molecule has 0 aliphatic carbocycles. The van der Waals surface area contributed by atoms with Crippen molar-refractivity contribution in [3.63, 3.8) is 0 Å². The van der Waals surface area contributed by atoms with Crippen LogP contribution in [0.5, 0.6) is 11.5 Å². The van der Waals surface area contributed by atoms with E-state index in [0.29, 0.717) is 22.7 Å². The van der Waals surface area contributed by atoms with Crippen LogP contribution in [0.15, 0.2) is 71.6 Å². The Labute approximate surface area is 197 Å². The third-order valence-corrected chi connectivity index (χ3v) is 6.66. The monoisotopic (exact) mass is 481 g/mol. The lowest BCUT2D eigenvalue weighted by Gasteiger charge is -2.25. The second-order valence-corrected chi connectivity index (χ2v) is 9.41. The summed E-state index contributed by atoms with van der Waals surface area (Å²) in [5.41, 5.74) is 6.60. The molecule has 10 heteroatoms. The van der Waals surface area contributed by atoms with Crippen molar-refractivity contribution >= 4 is 27.5 Å². The van der Waals surface area contributed by atoms with Gasteiger partial charge in [0.05, 0.1) is 4.90 Å². The number of carbonyl (C=O) groups is 2. The van der Waals surface area contributed by atoms with Gasteiger partial charge in [0.15, 0.2) is 11.5 Å². The quantitative estimate of drug-likeness (QED) is 0.482. The van der Waals surface area contributed by atoms with Gasteiger partial charge < -0.3 is 9.47 Å². The van der Waals surface area contributed by atoms with Gasteiger partial charge in [-0.25, -0.2) is 8.42 Å². The van der Waals surface area contributed by atoms with E-state index in [2.05, 4.69) is 15.6 Å². The maximum absolute atomic E-state index is 12.7. The standard InChI is InChI=1S/C24H23N3O6S/c1-15-7-8-16(2)22(13-15)34(30,31)27-18-11-9-17(10-12-18)23(28)25-26-24(29)21-14-32-19-5-3-4-6-20(19)33-21/h3-13,21,27H,14H2,1-2H3,(H,25,28)(H,26,29). The van der Waals surface area contributed by atoms with E-state index in [9.17, 15) is 18.0 Å². The zero-order valence-electron chi connectivity index (χ0n) is 18.5. The summed E-state index contributed by atoms with van der Waals surface area (Å²) in [4.78, 5) is 24.9. The Bertz CT molecular complexity index is 1340. The summed E-state index contributed by atoms with van der Waals surface area (Å²) in [6, 6.07) is 18.0. The topological polar surface area (TPSA) is 123 Å². The minimum absolute atomic E-state index is 0.00791. The number of hydrogen-bond acceptors (Lipinski definition) is 6. The number of hydrazine groups is 1.